The zero-order chi connectivity index (χ0) is 36.2. The summed E-state index contributed by atoms with van der Waals surface area (Å²) in [4.78, 5) is 17.6. The molecular formula is C36H42F4N2O6S. The minimum Gasteiger partial charge on any atom is -0.493 e. The molecule has 0 amide bonds. The molecule has 0 radical (unpaired) electrons. The number of aromatic nitrogens is 1. The summed E-state index contributed by atoms with van der Waals surface area (Å²) in [5.74, 6) is -0.520. The van der Waals surface area contributed by atoms with Crippen LogP contribution in [0.15, 0.2) is 61.2 Å². The van der Waals surface area contributed by atoms with Gasteiger partial charge in [-0.3, -0.25) is 4.79 Å². The van der Waals surface area contributed by atoms with Crippen molar-refractivity contribution in [3.63, 3.8) is 0 Å². The van der Waals surface area contributed by atoms with Crippen molar-refractivity contribution in [2.24, 2.45) is 0 Å². The lowest BCUT2D eigenvalue weighted by molar-refractivity contribution is -0.270. The highest BCUT2D eigenvalue weighted by atomic mass is 32.2. The molecule has 4 rings (SSSR count). The fourth-order valence-electron chi connectivity index (χ4n) is 5.37. The van der Waals surface area contributed by atoms with Gasteiger partial charge in [-0.1, -0.05) is 13.0 Å². The summed E-state index contributed by atoms with van der Waals surface area (Å²) < 4.78 is 91.8. The van der Waals surface area contributed by atoms with Gasteiger partial charge >= 0.3 is 6.18 Å². The van der Waals surface area contributed by atoms with Crippen LogP contribution < -0.4 is 18.9 Å². The number of allylic oxidation sites excluding steroid dienone is 1. The number of carbonyl (C=O) groups is 1. The van der Waals surface area contributed by atoms with E-state index < -0.39 is 63.2 Å². The maximum atomic E-state index is 15.0. The van der Waals surface area contributed by atoms with Crippen LogP contribution in [0.4, 0.5) is 17.6 Å². The van der Waals surface area contributed by atoms with Crippen LogP contribution in [0.1, 0.15) is 81.4 Å². The molecule has 2 aromatic carbocycles. The Hall–Kier alpha value is -3.81. The van der Waals surface area contributed by atoms with E-state index in [0.29, 0.717) is 18.8 Å². The number of halogens is 4. The molecule has 8 nitrogen and oxygen atoms in total. The lowest BCUT2D eigenvalue weighted by atomic mass is 9.83. The van der Waals surface area contributed by atoms with Gasteiger partial charge in [-0.25, -0.2) is 18.3 Å². The van der Waals surface area contributed by atoms with E-state index >= 15 is 13.2 Å². The second-order valence-electron chi connectivity index (χ2n) is 12.9. The Balaban J connectivity index is 1.84. The molecule has 3 atom stereocenters. The van der Waals surface area contributed by atoms with E-state index in [-0.39, 0.29) is 46.9 Å². The van der Waals surface area contributed by atoms with Gasteiger partial charge in [0.15, 0.2) is 23.0 Å². The quantitative estimate of drug-likeness (QED) is 0.0948. The highest BCUT2D eigenvalue weighted by Gasteiger charge is 2.57. The third kappa shape index (κ3) is 8.16. The Kier molecular flexibility index (Phi) is 11.6. The van der Waals surface area contributed by atoms with Gasteiger partial charge in [-0.2, -0.15) is 13.2 Å². The van der Waals surface area contributed by atoms with Gasteiger partial charge in [0.05, 0.1) is 40.7 Å². The van der Waals surface area contributed by atoms with Crippen LogP contribution in [0.5, 0.6) is 17.2 Å². The van der Waals surface area contributed by atoms with Crippen molar-refractivity contribution < 1.29 is 45.9 Å². The highest BCUT2D eigenvalue weighted by molar-refractivity contribution is 7.84. The zero-order valence-corrected chi connectivity index (χ0v) is 29.0. The Bertz CT molecular complexity index is 1690. The average Bonchev–Trinajstić information content (AvgIpc) is 3.41. The van der Waals surface area contributed by atoms with Crippen LogP contribution >= 0.6 is 0 Å². The number of alkyl halides is 3. The molecule has 49 heavy (non-hydrogen) atoms. The Labute approximate surface area is 286 Å². The number of aliphatic hydroxyl groups is 1. The van der Waals surface area contributed by atoms with E-state index in [1.807, 2.05) is 6.92 Å². The first-order valence-corrected chi connectivity index (χ1v) is 17.0. The SMILES string of the molecule is C=CCCC1(NS(=O)C(C)(C)C)COc2c1cc(C(O)(CCC(=O)c1ccc(OCCC)c(OC)c1)C(F)(F)F)nc2-c1ccc(F)cc1. The minimum absolute atomic E-state index is 0.0716. The van der Waals surface area contributed by atoms with Gasteiger partial charge < -0.3 is 19.3 Å². The number of nitrogens with one attached hydrogen (secondary N) is 1. The minimum atomic E-state index is -5.28. The molecule has 1 aliphatic rings. The molecule has 3 unspecified atom stereocenters. The second kappa shape index (κ2) is 15.0. The van der Waals surface area contributed by atoms with E-state index in [4.69, 9.17) is 14.2 Å². The molecule has 2 N–H and O–H groups in total. The smallest absolute Gasteiger partial charge is 0.422 e. The maximum Gasteiger partial charge on any atom is 0.422 e. The first-order valence-electron chi connectivity index (χ1n) is 15.9. The Morgan fingerprint density at radius 2 is 1.84 bits per heavy atom. The predicted octanol–water partition coefficient (Wildman–Crippen LogP) is 7.70. The van der Waals surface area contributed by atoms with Crippen molar-refractivity contribution in [1.29, 1.82) is 0 Å². The van der Waals surface area contributed by atoms with Gasteiger partial charge in [0.2, 0.25) is 5.60 Å². The lowest BCUT2D eigenvalue weighted by Crippen LogP contribution is -2.49. The monoisotopic (exact) mass is 706 g/mol. The molecule has 266 valence electrons. The molecule has 0 saturated carbocycles. The largest absolute Gasteiger partial charge is 0.493 e. The number of pyridine rings is 1. The molecule has 0 spiro atoms. The zero-order valence-electron chi connectivity index (χ0n) is 28.2. The van der Waals surface area contributed by atoms with Crippen LogP contribution in [0.2, 0.25) is 0 Å². The van der Waals surface area contributed by atoms with E-state index in [9.17, 15) is 18.5 Å². The molecule has 13 heteroatoms. The average molecular weight is 707 g/mol. The fraction of sp³-hybridized carbons (Fsp3) is 0.444. The van der Waals surface area contributed by atoms with E-state index in [2.05, 4.69) is 16.3 Å². The van der Waals surface area contributed by atoms with Crippen molar-refractivity contribution in [3.05, 3.63) is 83.8 Å². The lowest BCUT2D eigenvalue weighted by Gasteiger charge is -2.34. The summed E-state index contributed by atoms with van der Waals surface area (Å²) in [6.07, 6.45) is -4.09. The molecule has 0 saturated heterocycles. The number of hydrogen-bond donors (Lipinski definition) is 2. The standard InChI is InChI=1S/C36H42F4N2O6S/c1-7-9-17-34(42-49(45)33(3,4)5)22-48-32-26(34)21-30(41-31(32)23-10-13-25(37)14-11-23)35(44,36(38,39)40)18-16-27(43)24-12-15-28(47-19-8-2)29(20-24)46-6/h7,10-15,20-21,42,44H,1,8-9,16-19,22H2,2-6H3. The molecule has 0 aliphatic carbocycles. The number of nitrogens with zero attached hydrogens (tertiary/aromatic N) is 1. The summed E-state index contributed by atoms with van der Waals surface area (Å²) in [6.45, 7) is 11.2. The van der Waals surface area contributed by atoms with Crippen LogP contribution in [0.3, 0.4) is 0 Å². The van der Waals surface area contributed by atoms with Crippen LogP contribution in [-0.4, -0.2) is 51.3 Å². The predicted molar refractivity (Wildman–Crippen MR) is 180 cm³/mol. The number of fused-ring (bicyclic) bond motifs is 1. The Morgan fingerprint density at radius 1 is 1.14 bits per heavy atom. The van der Waals surface area contributed by atoms with Gasteiger partial charge in [-0.05, 0) is 95.0 Å². The van der Waals surface area contributed by atoms with Gasteiger partial charge in [0, 0.05) is 23.1 Å². The van der Waals surface area contributed by atoms with Crippen molar-refractivity contribution in [1.82, 2.24) is 9.71 Å². The van der Waals surface area contributed by atoms with Crippen molar-refractivity contribution in [3.8, 4) is 28.5 Å². The highest BCUT2D eigenvalue weighted by Crippen LogP contribution is 2.50. The molecule has 2 heterocycles. The third-order valence-corrected chi connectivity index (χ3v) is 9.93. The number of carbonyl (C=O) groups excluding carboxylic acids is 1. The summed E-state index contributed by atoms with van der Waals surface area (Å²) in [5, 5.41) is 11.6. The van der Waals surface area contributed by atoms with Crippen molar-refractivity contribution in [2.45, 2.75) is 81.9 Å². The third-order valence-electron chi connectivity index (χ3n) is 8.24. The molecule has 1 aromatic heterocycles. The van der Waals surface area contributed by atoms with Crippen molar-refractivity contribution >= 4 is 16.8 Å². The van der Waals surface area contributed by atoms with Crippen LogP contribution in [0, 0.1) is 5.82 Å². The normalized spacial score (nSPS) is 17.8. The number of Topliss-reactive ketones (excluding diaryl/α,β-unsaturated/α-hetero) is 1. The molecule has 3 aromatic rings. The number of ketones is 1. The first kappa shape index (κ1) is 38.0. The molecule has 1 aliphatic heterocycles. The number of benzene rings is 2. The van der Waals surface area contributed by atoms with Crippen molar-refractivity contribution in [2.75, 3.05) is 20.3 Å². The summed E-state index contributed by atoms with van der Waals surface area (Å²) in [6, 6.07) is 10.4. The topological polar surface area (TPSA) is 107 Å². The van der Waals surface area contributed by atoms with Crippen LogP contribution in [0.25, 0.3) is 11.3 Å². The maximum absolute atomic E-state index is 15.0. The number of ether oxygens (including phenoxy) is 3. The van der Waals surface area contributed by atoms with Gasteiger partial charge in [-0.15, -0.1) is 6.58 Å². The summed E-state index contributed by atoms with van der Waals surface area (Å²) in [5.41, 5.74) is -5.23. The Morgan fingerprint density at radius 3 is 2.43 bits per heavy atom. The second-order valence-corrected chi connectivity index (χ2v) is 14.9. The van der Waals surface area contributed by atoms with E-state index in [1.54, 1.807) is 26.8 Å². The summed E-state index contributed by atoms with van der Waals surface area (Å²) >= 11 is 0. The molecule has 0 fully saturated rings. The number of hydrogen-bond acceptors (Lipinski definition) is 7. The number of rotatable bonds is 15. The van der Waals surface area contributed by atoms with Gasteiger partial charge in [0.1, 0.15) is 18.1 Å². The molecular weight excluding hydrogens is 664 g/mol. The van der Waals surface area contributed by atoms with Crippen LogP contribution in [-0.2, 0) is 22.1 Å². The molecule has 0 bridgehead atoms. The fourth-order valence-corrected chi connectivity index (χ4v) is 6.30. The van der Waals surface area contributed by atoms with E-state index in [0.717, 1.165) is 24.6 Å². The van der Waals surface area contributed by atoms with E-state index in [1.165, 1.54) is 37.4 Å². The number of methoxy groups -OCH3 is 1. The van der Waals surface area contributed by atoms with Gasteiger partial charge in [0.25, 0.3) is 0 Å². The summed E-state index contributed by atoms with van der Waals surface area (Å²) in [7, 11) is -0.314. The first-order chi connectivity index (χ1) is 23.0.